The molecule has 0 unspecified atom stereocenters. The Bertz CT molecular complexity index is 664. The molecule has 0 heterocycles. The highest BCUT2D eigenvalue weighted by Crippen LogP contribution is 2.08. The maximum absolute atomic E-state index is 12.8. The number of carbonyl (C=O) groups is 5. The van der Waals surface area contributed by atoms with Gasteiger partial charge in [-0.3, -0.25) is 24.0 Å². The first-order chi connectivity index (χ1) is 14.2. The van der Waals surface area contributed by atoms with E-state index in [1.165, 1.54) is 13.8 Å². The van der Waals surface area contributed by atoms with Gasteiger partial charge in [0.15, 0.2) is 0 Å². The van der Waals surface area contributed by atoms with Crippen molar-refractivity contribution in [2.75, 3.05) is 6.54 Å². The fourth-order valence-electron chi connectivity index (χ4n) is 2.52. The molecule has 0 radical (unpaired) electrons. The van der Waals surface area contributed by atoms with Crippen molar-refractivity contribution in [1.29, 1.82) is 0 Å². The van der Waals surface area contributed by atoms with E-state index in [1.54, 1.807) is 27.7 Å². The summed E-state index contributed by atoms with van der Waals surface area (Å²) in [5.74, 6) is -4.76. The molecule has 0 spiro atoms. The topological polar surface area (TPSA) is 200 Å². The summed E-state index contributed by atoms with van der Waals surface area (Å²) >= 11 is 0. The van der Waals surface area contributed by atoms with Crippen molar-refractivity contribution >= 4 is 29.6 Å². The molecule has 0 rings (SSSR count). The molecule has 8 N–H and O–H groups in total. The van der Waals surface area contributed by atoms with E-state index in [0.29, 0.717) is 0 Å². The molecule has 12 nitrogen and oxygen atoms in total. The maximum atomic E-state index is 12.8. The van der Waals surface area contributed by atoms with Crippen molar-refractivity contribution in [3.8, 4) is 0 Å². The normalized spacial score (nSPS) is 15.9. The molecule has 0 aliphatic heterocycles. The van der Waals surface area contributed by atoms with Crippen LogP contribution in [0.15, 0.2) is 0 Å². The van der Waals surface area contributed by atoms with Gasteiger partial charge in [0, 0.05) is 0 Å². The number of carboxylic acids is 1. The third-order valence-corrected chi connectivity index (χ3v) is 4.38. The molecule has 31 heavy (non-hydrogen) atoms. The quantitative estimate of drug-likeness (QED) is 0.173. The average molecular weight is 446 g/mol. The fraction of sp³-hybridized carbons (Fsp3) is 0.737. The summed E-state index contributed by atoms with van der Waals surface area (Å²) in [6, 6.07) is -4.29. The van der Waals surface area contributed by atoms with Gasteiger partial charge in [-0.2, -0.15) is 0 Å². The number of aliphatic hydroxyl groups is 1. The Morgan fingerprint density at radius 1 is 0.710 bits per heavy atom. The van der Waals surface area contributed by atoms with Crippen molar-refractivity contribution < 1.29 is 34.2 Å². The Labute approximate surface area is 181 Å². The van der Waals surface area contributed by atoms with E-state index >= 15 is 0 Å². The predicted octanol–water partition coefficient (Wildman–Crippen LogP) is -2.32. The van der Waals surface area contributed by atoms with Crippen LogP contribution < -0.4 is 27.0 Å². The molecule has 178 valence electrons. The van der Waals surface area contributed by atoms with E-state index in [4.69, 9.17) is 10.8 Å². The van der Waals surface area contributed by atoms with Crippen molar-refractivity contribution in [3.05, 3.63) is 0 Å². The van der Waals surface area contributed by atoms with Gasteiger partial charge < -0.3 is 37.2 Å². The van der Waals surface area contributed by atoms with Gasteiger partial charge in [-0.15, -0.1) is 0 Å². The number of carbonyl (C=O) groups excluding carboxylic acids is 4. The van der Waals surface area contributed by atoms with Crippen molar-refractivity contribution in [2.24, 2.45) is 17.6 Å². The van der Waals surface area contributed by atoms with Gasteiger partial charge in [0.2, 0.25) is 23.6 Å². The molecule has 0 saturated carbocycles. The molecule has 5 atom stereocenters. The molecule has 0 aliphatic carbocycles. The van der Waals surface area contributed by atoms with Crippen LogP contribution in [0.25, 0.3) is 0 Å². The van der Waals surface area contributed by atoms with Gasteiger partial charge in [-0.05, 0) is 25.7 Å². The van der Waals surface area contributed by atoms with Gasteiger partial charge in [-0.1, -0.05) is 27.7 Å². The van der Waals surface area contributed by atoms with Crippen LogP contribution in [0, 0.1) is 11.8 Å². The summed E-state index contributed by atoms with van der Waals surface area (Å²) < 4.78 is 0. The number of amides is 4. The number of hydrogen-bond acceptors (Lipinski definition) is 7. The molecule has 0 fully saturated rings. The highest BCUT2D eigenvalue weighted by atomic mass is 16.4. The highest BCUT2D eigenvalue weighted by Gasteiger charge is 2.34. The summed E-state index contributed by atoms with van der Waals surface area (Å²) in [4.78, 5) is 60.2. The van der Waals surface area contributed by atoms with Crippen LogP contribution in [0.3, 0.4) is 0 Å². The van der Waals surface area contributed by atoms with E-state index in [9.17, 15) is 29.1 Å². The minimum atomic E-state index is -1.43. The average Bonchev–Trinajstić information content (AvgIpc) is 2.64. The lowest BCUT2D eigenvalue weighted by Crippen LogP contribution is -2.61. The lowest BCUT2D eigenvalue weighted by molar-refractivity contribution is -0.139. The summed E-state index contributed by atoms with van der Waals surface area (Å²) in [7, 11) is 0. The van der Waals surface area contributed by atoms with Crippen molar-refractivity contribution in [3.63, 3.8) is 0 Å². The molecule has 0 aromatic carbocycles. The zero-order valence-corrected chi connectivity index (χ0v) is 18.8. The Hall–Kier alpha value is -2.73. The van der Waals surface area contributed by atoms with Gasteiger partial charge in [-0.25, -0.2) is 0 Å². The molecular formula is C19H35N5O7. The first-order valence-corrected chi connectivity index (χ1v) is 10.0. The molecule has 0 aromatic heterocycles. The molecule has 0 aliphatic rings. The lowest BCUT2D eigenvalue weighted by atomic mass is 9.99. The summed E-state index contributed by atoms with van der Waals surface area (Å²) in [5.41, 5.74) is 5.53. The Balaban J connectivity index is 5.40. The lowest BCUT2D eigenvalue weighted by Gasteiger charge is -2.29. The van der Waals surface area contributed by atoms with Gasteiger partial charge >= 0.3 is 5.97 Å². The molecular weight excluding hydrogens is 410 g/mol. The Kier molecular flexibility index (Phi) is 11.7. The van der Waals surface area contributed by atoms with E-state index in [1.807, 2.05) is 0 Å². The zero-order chi connectivity index (χ0) is 24.5. The molecule has 0 bridgehead atoms. The van der Waals surface area contributed by atoms with Gasteiger partial charge in [0.1, 0.15) is 24.7 Å². The number of nitrogens with two attached hydrogens (primary N) is 1. The Morgan fingerprint density at radius 3 is 1.42 bits per heavy atom. The van der Waals surface area contributed by atoms with E-state index in [2.05, 4.69) is 21.3 Å². The van der Waals surface area contributed by atoms with Crippen LogP contribution in [0.5, 0.6) is 0 Å². The van der Waals surface area contributed by atoms with Crippen molar-refractivity contribution in [2.45, 2.75) is 71.8 Å². The first kappa shape index (κ1) is 28.3. The predicted molar refractivity (Wildman–Crippen MR) is 111 cm³/mol. The third-order valence-electron chi connectivity index (χ3n) is 4.38. The molecule has 12 heteroatoms. The first-order valence-electron chi connectivity index (χ1n) is 10.0. The third kappa shape index (κ3) is 9.75. The standard InChI is InChI=1S/C19H35N5O7/c1-8(2)13(22-16(28)10(5)20)18(30)23-14(9(3)4)19(31)24-15(11(6)25)17(29)21-7-12(26)27/h8-11,13-15,25H,7,20H2,1-6H3,(H,21,29)(H,22,28)(H,23,30)(H,24,31)(H,26,27)/t10-,11+,13-,14-,15-/m0/s1. The molecule has 0 aromatic rings. The van der Waals surface area contributed by atoms with Crippen LogP contribution in [-0.2, 0) is 24.0 Å². The minimum absolute atomic E-state index is 0.300. The zero-order valence-electron chi connectivity index (χ0n) is 18.8. The number of rotatable bonds is 12. The number of hydrogen-bond donors (Lipinski definition) is 7. The largest absolute Gasteiger partial charge is 0.480 e. The van der Waals surface area contributed by atoms with Crippen LogP contribution in [0.2, 0.25) is 0 Å². The Morgan fingerprint density at radius 2 is 1.10 bits per heavy atom. The van der Waals surface area contributed by atoms with Crippen LogP contribution in [0.4, 0.5) is 0 Å². The van der Waals surface area contributed by atoms with Gasteiger partial charge in [0.05, 0.1) is 12.1 Å². The number of nitrogens with one attached hydrogen (secondary N) is 4. The summed E-state index contributed by atoms with van der Waals surface area (Å²) in [6.45, 7) is 8.80. The van der Waals surface area contributed by atoms with Crippen LogP contribution in [-0.4, -0.2) is 76.6 Å². The SMILES string of the molecule is CC(C)[C@H](NC(=O)[C@H](C)N)C(=O)N[C@H](C(=O)N[C@H](C(=O)NCC(=O)O)[C@@H](C)O)C(C)C. The van der Waals surface area contributed by atoms with Crippen LogP contribution in [0.1, 0.15) is 41.5 Å². The maximum Gasteiger partial charge on any atom is 0.322 e. The monoisotopic (exact) mass is 445 g/mol. The highest BCUT2D eigenvalue weighted by molar-refractivity contribution is 5.95. The van der Waals surface area contributed by atoms with Crippen molar-refractivity contribution in [1.82, 2.24) is 21.3 Å². The smallest absolute Gasteiger partial charge is 0.322 e. The van der Waals surface area contributed by atoms with E-state index < -0.39 is 72.3 Å². The second kappa shape index (κ2) is 12.8. The van der Waals surface area contributed by atoms with Gasteiger partial charge in [0.25, 0.3) is 0 Å². The minimum Gasteiger partial charge on any atom is -0.480 e. The van der Waals surface area contributed by atoms with E-state index in [0.717, 1.165) is 0 Å². The number of carboxylic acid groups (broad SMARTS) is 1. The number of aliphatic carboxylic acids is 1. The fourth-order valence-corrected chi connectivity index (χ4v) is 2.52. The molecule has 0 saturated heterocycles. The second-order valence-electron chi connectivity index (χ2n) is 8.09. The summed E-state index contributed by atoms with van der Waals surface area (Å²) in [5, 5.41) is 28.0. The summed E-state index contributed by atoms with van der Waals surface area (Å²) in [6.07, 6.45) is -1.32. The number of aliphatic hydroxyl groups excluding tert-OH is 1. The molecule has 4 amide bonds. The van der Waals surface area contributed by atoms with Crippen LogP contribution >= 0.6 is 0 Å². The second-order valence-corrected chi connectivity index (χ2v) is 8.09. The van der Waals surface area contributed by atoms with E-state index in [-0.39, 0.29) is 5.92 Å².